The Labute approximate surface area is 117 Å². The number of hydrogen-bond acceptors (Lipinski definition) is 2. The number of aryl methyl sites for hydroxylation is 2. The Kier molecular flexibility index (Phi) is 4.67. The largest absolute Gasteiger partial charge is 0.330 e. The fourth-order valence-electron chi connectivity index (χ4n) is 3.55. The van der Waals surface area contributed by atoms with E-state index < -0.39 is 0 Å². The molecule has 3 nitrogen and oxygen atoms in total. The van der Waals surface area contributed by atoms with Gasteiger partial charge in [0.2, 0.25) is 0 Å². The van der Waals surface area contributed by atoms with E-state index in [-0.39, 0.29) is 0 Å². The van der Waals surface area contributed by atoms with Crippen molar-refractivity contribution in [3.63, 3.8) is 0 Å². The molecule has 0 unspecified atom stereocenters. The highest BCUT2D eigenvalue weighted by atomic mass is 15.3. The predicted molar refractivity (Wildman–Crippen MR) is 80.1 cm³/mol. The van der Waals surface area contributed by atoms with Gasteiger partial charge in [-0.1, -0.05) is 13.3 Å². The van der Waals surface area contributed by atoms with E-state index in [0.717, 1.165) is 31.1 Å². The molecular weight excluding hydrogens is 234 g/mol. The van der Waals surface area contributed by atoms with Crippen LogP contribution in [0, 0.1) is 18.3 Å². The van der Waals surface area contributed by atoms with Gasteiger partial charge in [0.1, 0.15) is 0 Å². The monoisotopic (exact) mass is 263 g/mol. The zero-order valence-corrected chi connectivity index (χ0v) is 12.8. The maximum Gasteiger partial charge on any atom is 0.0596 e. The summed E-state index contributed by atoms with van der Waals surface area (Å²) in [7, 11) is 0. The number of nitrogens with two attached hydrogens (primary N) is 1. The minimum Gasteiger partial charge on any atom is -0.330 e. The smallest absolute Gasteiger partial charge is 0.0596 e. The highest BCUT2D eigenvalue weighted by Gasteiger charge is 2.34. The molecule has 2 N–H and O–H groups in total. The predicted octanol–water partition coefficient (Wildman–Crippen LogP) is 3.30. The van der Waals surface area contributed by atoms with Crippen molar-refractivity contribution >= 4 is 0 Å². The molecule has 1 aliphatic rings. The number of nitrogens with zero attached hydrogens (tertiary/aromatic N) is 2. The molecule has 3 heteroatoms. The molecule has 0 amide bonds. The fourth-order valence-corrected chi connectivity index (χ4v) is 3.55. The van der Waals surface area contributed by atoms with Gasteiger partial charge in [0.25, 0.3) is 0 Å². The Balaban J connectivity index is 2.10. The zero-order chi connectivity index (χ0) is 13.9. The molecule has 0 saturated heterocycles. The Bertz CT molecular complexity index is 400. The summed E-state index contributed by atoms with van der Waals surface area (Å²) in [4.78, 5) is 0. The van der Waals surface area contributed by atoms with E-state index in [2.05, 4.69) is 36.6 Å². The third kappa shape index (κ3) is 3.19. The SMILES string of the molecule is CCC1CCC(CN)(Cc2cc(C)nn2CC)CC1. The molecule has 19 heavy (non-hydrogen) atoms. The summed E-state index contributed by atoms with van der Waals surface area (Å²) in [6, 6.07) is 2.24. The third-order valence-electron chi connectivity index (χ3n) is 5.02. The van der Waals surface area contributed by atoms with Crippen molar-refractivity contribution in [3.05, 3.63) is 17.5 Å². The van der Waals surface area contributed by atoms with Crippen molar-refractivity contribution in [3.8, 4) is 0 Å². The molecule has 1 saturated carbocycles. The van der Waals surface area contributed by atoms with Gasteiger partial charge in [-0.25, -0.2) is 0 Å². The summed E-state index contributed by atoms with van der Waals surface area (Å²) in [5.74, 6) is 0.928. The molecule has 1 fully saturated rings. The summed E-state index contributed by atoms with van der Waals surface area (Å²) < 4.78 is 2.15. The van der Waals surface area contributed by atoms with Crippen LogP contribution in [0.15, 0.2) is 6.07 Å². The fraction of sp³-hybridized carbons (Fsp3) is 0.812. The first-order valence-electron chi connectivity index (χ1n) is 7.86. The Morgan fingerprint density at radius 3 is 2.58 bits per heavy atom. The second-order valence-corrected chi connectivity index (χ2v) is 6.33. The van der Waals surface area contributed by atoms with Gasteiger partial charge in [-0.2, -0.15) is 5.10 Å². The molecule has 1 aliphatic carbocycles. The van der Waals surface area contributed by atoms with Crippen LogP contribution in [-0.2, 0) is 13.0 Å². The molecule has 1 aromatic heterocycles. The van der Waals surface area contributed by atoms with Crippen LogP contribution < -0.4 is 5.73 Å². The van der Waals surface area contributed by atoms with E-state index >= 15 is 0 Å². The van der Waals surface area contributed by atoms with E-state index in [0.29, 0.717) is 5.41 Å². The van der Waals surface area contributed by atoms with Crippen LogP contribution in [0.25, 0.3) is 0 Å². The van der Waals surface area contributed by atoms with Crippen LogP contribution in [0.1, 0.15) is 57.3 Å². The van der Waals surface area contributed by atoms with Gasteiger partial charge in [-0.3, -0.25) is 4.68 Å². The maximum absolute atomic E-state index is 6.14. The standard InChI is InChI=1S/C16H29N3/c1-4-14-6-8-16(12-17,9-7-14)11-15-10-13(3)18-19(15)5-2/h10,14H,4-9,11-12,17H2,1-3H3. The van der Waals surface area contributed by atoms with Gasteiger partial charge in [0.15, 0.2) is 0 Å². The molecule has 0 radical (unpaired) electrons. The summed E-state index contributed by atoms with van der Waals surface area (Å²) in [6.45, 7) is 8.34. The average molecular weight is 263 g/mol. The second-order valence-electron chi connectivity index (χ2n) is 6.33. The summed E-state index contributed by atoms with van der Waals surface area (Å²) in [6.07, 6.45) is 7.72. The molecule has 0 aliphatic heterocycles. The van der Waals surface area contributed by atoms with E-state index in [4.69, 9.17) is 5.73 Å². The normalized spacial score (nSPS) is 27.7. The minimum atomic E-state index is 0.324. The summed E-state index contributed by atoms with van der Waals surface area (Å²) >= 11 is 0. The lowest BCUT2D eigenvalue weighted by atomic mass is 9.67. The number of aromatic nitrogens is 2. The first-order chi connectivity index (χ1) is 9.12. The maximum atomic E-state index is 6.14. The lowest BCUT2D eigenvalue weighted by molar-refractivity contribution is 0.150. The van der Waals surface area contributed by atoms with Crippen LogP contribution in [0.4, 0.5) is 0 Å². The highest BCUT2D eigenvalue weighted by Crippen LogP contribution is 2.41. The van der Waals surface area contributed by atoms with Crippen molar-refractivity contribution in [1.82, 2.24) is 9.78 Å². The molecule has 0 bridgehead atoms. The van der Waals surface area contributed by atoms with E-state index in [1.54, 1.807) is 0 Å². The van der Waals surface area contributed by atoms with Gasteiger partial charge in [0, 0.05) is 12.2 Å². The molecule has 1 aromatic rings. The Hall–Kier alpha value is -0.830. The van der Waals surface area contributed by atoms with Crippen molar-refractivity contribution in [2.75, 3.05) is 6.54 Å². The van der Waals surface area contributed by atoms with Crippen LogP contribution in [0.2, 0.25) is 0 Å². The molecule has 0 atom stereocenters. The van der Waals surface area contributed by atoms with Crippen molar-refractivity contribution < 1.29 is 0 Å². The van der Waals surface area contributed by atoms with Crippen molar-refractivity contribution in [1.29, 1.82) is 0 Å². The third-order valence-corrected chi connectivity index (χ3v) is 5.02. The number of hydrogen-bond donors (Lipinski definition) is 1. The van der Waals surface area contributed by atoms with Gasteiger partial charge in [-0.15, -0.1) is 0 Å². The van der Waals surface area contributed by atoms with Crippen LogP contribution in [0.3, 0.4) is 0 Å². The Morgan fingerprint density at radius 2 is 2.05 bits per heavy atom. The average Bonchev–Trinajstić information content (AvgIpc) is 2.79. The lowest BCUT2D eigenvalue weighted by Gasteiger charge is -2.39. The van der Waals surface area contributed by atoms with Gasteiger partial charge >= 0.3 is 0 Å². The molecular formula is C16H29N3. The Morgan fingerprint density at radius 1 is 1.37 bits per heavy atom. The molecule has 108 valence electrons. The minimum absolute atomic E-state index is 0.324. The van der Waals surface area contributed by atoms with Gasteiger partial charge in [-0.05, 0) is 69.9 Å². The van der Waals surface area contributed by atoms with Crippen molar-refractivity contribution in [2.24, 2.45) is 17.1 Å². The molecule has 0 aromatic carbocycles. The topological polar surface area (TPSA) is 43.8 Å². The highest BCUT2D eigenvalue weighted by molar-refractivity contribution is 5.12. The molecule has 0 spiro atoms. The zero-order valence-electron chi connectivity index (χ0n) is 12.8. The van der Waals surface area contributed by atoms with E-state index in [1.165, 1.54) is 37.8 Å². The van der Waals surface area contributed by atoms with Crippen LogP contribution in [0.5, 0.6) is 0 Å². The van der Waals surface area contributed by atoms with Gasteiger partial charge < -0.3 is 5.73 Å². The summed E-state index contributed by atoms with van der Waals surface area (Å²) in [5.41, 5.74) is 8.97. The molecule has 1 heterocycles. The quantitative estimate of drug-likeness (QED) is 0.886. The summed E-state index contributed by atoms with van der Waals surface area (Å²) in [5, 5.41) is 4.57. The molecule has 2 rings (SSSR count). The van der Waals surface area contributed by atoms with E-state index in [1.807, 2.05) is 0 Å². The number of rotatable bonds is 5. The van der Waals surface area contributed by atoms with Crippen LogP contribution in [-0.4, -0.2) is 16.3 Å². The second kappa shape index (κ2) is 6.08. The lowest BCUT2D eigenvalue weighted by Crippen LogP contribution is -2.37. The first kappa shape index (κ1) is 14.6. The van der Waals surface area contributed by atoms with Crippen molar-refractivity contribution in [2.45, 2.75) is 65.8 Å². The first-order valence-corrected chi connectivity index (χ1v) is 7.86. The van der Waals surface area contributed by atoms with Gasteiger partial charge in [0.05, 0.1) is 5.69 Å². The van der Waals surface area contributed by atoms with Crippen LogP contribution >= 0.6 is 0 Å². The van der Waals surface area contributed by atoms with E-state index in [9.17, 15) is 0 Å².